The summed E-state index contributed by atoms with van der Waals surface area (Å²) < 4.78 is 1.75. The first-order valence-electron chi connectivity index (χ1n) is 6.45. The molecule has 19 heavy (non-hydrogen) atoms. The molecular weight excluding hydrogens is 246 g/mol. The van der Waals surface area contributed by atoms with Crippen LogP contribution in [-0.4, -0.2) is 26.8 Å². The Bertz CT molecular complexity index is 507. The Balaban J connectivity index is 2.00. The van der Waals surface area contributed by atoms with Crippen molar-refractivity contribution in [1.29, 1.82) is 0 Å². The monoisotopic (exact) mass is 265 g/mol. The zero-order valence-corrected chi connectivity index (χ0v) is 11.4. The maximum Gasteiger partial charge on any atom is 0.307 e. The first-order chi connectivity index (χ1) is 8.87. The Labute approximate surface area is 111 Å². The Morgan fingerprint density at radius 3 is 2.68 bits per heavy atom. The lowest BCUT2D eigenvalue weighted by Crippen LogP contribution is -2.18. The van der Waals surface area contributed by atoms with Crippen LogP contribution in [0.3, 0.4) is 0 Å². The van der Waals surface area contributed by atoms with E-state index in [4.69, 9.17) is 5.11 Å². The average molecular weight is 265 g/mol. The smallest absolute Gasteiger partial charge is 0.307 e. The number of aryl methyl sites for hydroxylation is 1. The van der Waals surface area contributed by atoms with Crippen LogP contribution >= 0.6 is 0 Å². The Hall–Kier alpha value is -1.85. The Morgan fingerprint density at radius 1 is 1.47 bits per heavy atom. The summed E-state index contributed by atoms with van der Waals surface area (Å²) in [5.74, 6) is -1.79. The fourth-order valence-corrected chi connectivity index (χ4v) is 2.57. The molecule has 1 aliphatic rings. The van der Waals surface area contributed by atoms with Gasteiger partial charge in [-0.1, -0.05) is 20.8 Å². The van der Waals surface area contributed by atoms with Gasteiger partial charge in [0.25, 0.3) is 0 Å². The number of aliphatic carboxylic acids is 1. The van der Waals surface area contributed by atoms with E-state index in [0.717, 1.165) is 13.0 Å². The Kier molecular flexibility index (Phi) is 3.34. The minimum Gasteiger partial charge on any atom is -0.481 e. The molecular formula is C13H19N3O3. The molecule has 0 bridgehead atoms. The lowest BCUT2D eigenvalue weighted by atomic mass is 10.1. The van der Waals surface area contributed by atoms with Crippen LogP contribution in [0.5, 0.6) is 0 Å². The quantitative estimate of drug-likeness (QED) is 0.846. The van der Waals surface area contributed by atoms with Gasteiger partial charge in [-0.2, -0.15) is 5.10 Å². The molecule has 2 rings (SSSR count). The fourth-order valence-electron chi connectivity index (χ4n) is 2.57. The molecule has 0 aliphatic heterocycles. The Morgan fingerprint density at radius 2 is 2.16 bits per heavy atom. The van der Waals surface area contributed by atoms with Gasteiger partial charge in [-0.05, 0) is 11.8 Å². The summed E-state index contributed by atoms with van der Waals surface area (Å²) in [6.07, 6.45) is 2.76. The molecule has 1 aromatic rings. The molecule has 0 spiro atoms. The molecule has 6 nitrogen and oxygen atoms in total. The third kappa shape index (κ3) is 2.47. The summed E-state index contributed by atoms with van der Waals surface area (Å²) in [5, 5.41) is 15.9. The molecule has 2 unspecified atom stereocenters. The van der Waals surface area contributed by atoms with Gasteiger partial charge in [0.1, 0.15) is 0 Å². The second-order valence-electron chi connectivity index (χ2n) is 5.57. The maximum atomic E-state index is 12.0. The number of amides is 1. The number of aromatic nitrogens is 2. The van der Waals surface area contributed by atoms with Crippen molar-refractivity contribution >= 4 is 17.7 Å². The molecule has 104 valence electrons. The SMILES string of the molecule is CCCn1ccc(NC(=O)C2C(C(=O)O)C2(C)C)n1. The zero-order chi connectivity index (χ0) is 14.2. The normalized spacial score (nSPS) is 23.9. The van der Waals surface area contributed by atoms with Gasteiger partial charge in [-0.15, -0.1) is 0 Å². The van der Waals surface area contributed by atoms with E-state index in [1.54, 1.807) is 30.8 Å². The number of anilines is 1. The third-order valence-electron chi connectivity index (χ3n) is 3.72. The van der Waals surface area contributed by atoms with Gasteiger partial charge in [0.05, 0.1) is 11.8 Å². The molecule has 1 heterocycles. The summed E-state index contributed by atoms with van der Waals surface area (Å²) in [4.78, 5) is 23.1. The average Bonchev–Trinajstić information content (AvgIpc) is 2.65. The van der Waals surface area contributed by atoms with E-state index in [-0.39, 0.29) is 5.91 Å². The second kappa shape index (κ2) is 4.68. The number of hydrogen-bond donors (Lipinski definition) is 2. The van der Waals surface area contributed by atoms with Crippen molar-refractivity contribution in [2.24, 2.45) is 17.3 Å². The van der Waals surface area contributed by atoms with Crippen LogP contribution in [-0.2, 0) is 16.1 Å². The predicted molar refractivity (Wildman–Crippen MR) is 69.5 cm³/mol. The molecule has 2 atom stereocenters. The van der Waals surface area contributed by atoms with Crippen LogP contribution in [0.2, 0.25) is 0 Å². The molecule has 1 fully saturated rings. The highest BCUT2D eigenvalue weighted by atomic mass is 16.4. The summed E-state index contributed by atoms with van der Waals surface area (Å²) in [7, 11) is 0. The van der Waals surface area contributed by atoms with Crippen LogP contribution in [0, 0.1) is 17.3 Å². The van der Waals surface area contributed by atoms with Crippen molar-refractivity contribution in [3.63, 3.8) is 0 Å². The molecule has 1 amide bonds. The van der Waals surface area contributed by atoms with Gasteiger partial charge in [0, 0.05) is 18.8 Å². The van der Waals surface area contributed by atoms with Crippen molar-refractivity contribution in [1.82, 2.24) is 9.78 Å². The first kappa shape index (κ1) is 13.6. The lowest BCUT2D eigenvalue weighted by molar-refractivity contribution is -0.140. The molecule has 6 heteroatoms. The highest BCUT2D eigenvalue weighted by Crippen LogP contribution is 2.58. The molecule has 1 aliphatic carbocycles. The van der Waals surface area contributed by atoms with Crippen molar-refractivity contribution in [2.75, 3.05) is 5.32 Å². The van der Waals surface area contributed by atoms with E-state index >= 15 is 0 Å². The summed E-state index contributed by atoms with van der Waals surface area (Å²) in [6, 6.07) is 1.72. The maximum absolute atomic E-state index is 12.0. The highest BCUT2D eigenvalue weighted by molar-refractivity contribution is 5.99. The van der Waals surface area contributed by atoms with Gasteiger partial charge in [0.15, 0.2) is 5.82 Å². The molecule has 1 saturated carbocycles. The molecule has 2 N–H and O–H groups in total. The largest absolute Gasteiger partial charge is 0.481 e. The van der Waals surface area contributed by atoms with Gasteiger partial charge in [-0.25, -0.2) is 0 Å². The highest BCUT2D eigenvalue weighted by Gasteiger charge is 2.65. The minimum absolute atomic E-state index is 0.265. The van der Waals surface area contributed by atoms with Crippen LogP contribution in [0.1, 0.15) is 27.2 Å². The number of nitrogens with zero attached hydrogens (tertiary/aromatic N) is 2. The second-order valence-corrected chi connectivity index (χ2v) is 5.57. The van der Waals surface area contributed by atoms with Gasteiger partial charge >= 0.3 is 5.97 Å². The predicted octanol–water partition coefficient (Wildman–Crippen LogP) is 1.59. The number of carboxylic acid groups (broad SMARTS) is 1. The zero-order valence-electron chi connectivity index (χ0n) is 11.4. The minimum atomic E-state index is -0.915. The van der Waals surface area contributed by atoms with Crippen LogP contribution in [0.4, 0.5) is 5.82 Å². The number of carbonyl (C=O) groups excluding carboxylic acids is 1. The van der Waals surface area contributed by atoms with Crippen LogP contribution in [0.25, 0.3) is 0 Å². The lowest BCUT2D eigenvalue weighted by Gasteiger charge is -2.03. The fraction of sp³-hybridized carbons (Fsp3) is 0.615. The van der Waals surface area contributed by atoms with Crippen LogP contribution in [0.15, 0.2) is 12.3 Å². The van der Waals surface area contributed by atoms with Crippen molar-refractivity contribution in [2.45, 2.75) is 33.7 Å². The number of nitrogens with one attached hydrogen (secondary N) is 1. The molecule has 0 radical (unpaired) electrons. The molecule has 0 aromatic carbocycles. The van der Waals surface area contributed by atoms with Crippen molar-refractivity contribution in [3.8, 4) is 0 Å². The molecule has 0 saturated heterocycles. The number of hydrogen-bond acceptors (Lipinski definition) is 3. The summed E-state index contributed by atoms with van der Waals surface area (Å²) >= 11 is 0. The van der Waals surface area contributed by atoms with E-state index in [1.165, 1.54) is 0 Å². The standard InChI is InChI=1S/C13H19N3O3/c1-4-6-16-7-5-8(15-16)14-11(17)9-10(12(18)19)13(9,2)3/h5,7,9-10H,4,6H2,1-3H3,(H,18,19)(H,14,15,17). The number of carboxylic acids is 1. The van der Waals surface area contributed by atoms with Gasteiger partial charge < -0.3 is 10.4 Å². The van der Waals surface area contributed by atoms with E-state index in [9.17, 15) is 9.59 Å². The van der Waals surface area contributed by atoms with E-state index in [1.807, 2.05) is 6.92 Å². The third-order valence-corrected chi connectivity index (χ3v) is 3.72. The van der Waals surface area contributed by atoms with E-state index < -0.39 is 23.2 Å². The van der Waals surface area contributed by atoms with E-state index in [0.29, 0.717) is 5.82 Å². The van der Waals surface area contributed by atoms with Crippen molar-refractivity contribution < 1.29 is 14.7 Å². The first-order valence-corrected chi connectivity index (χ1v) is 6.45. The summed E-state index contributed by atoms with van der Waals surface area (Å²) in [6.45, 7) is 6.43. The van der Waals surface area contributed by atoms with E-state index in [2.05, 4.69) is 10.4 Å². The van der Waals surface area contributed by atoms with Crippen LogP contribution < -0.4 is 5.32 Å². The van der Waals surface area contributed by atoms with Crippen molar-refractivity contribution in [3.05, 3.63) is 12.3 Å². The van der Waals surface area contributed by atoms with Gasteiger partial charge in [0.2, 0.25) is 5.91 Å². The molecule has 1 aromatic heterocycles. The summed E-state index contributed by atoms with van der Waals surface area (Å²) in [5.41, 5.74) is -0.484. The topological polar surface area (TPSA) is 84.2 Å². The van der Waals surface area contributed by atoms with Gasteiger partial charge in [-0.3, -0.25) is 14.3 Å². The number of rotatable bonds is 5. The number of carbonyl (C=O) groups is 2.